The number of sulfonamides is 1. The van der Waals surface area contributed by atoms with Crippen LogP contribution in [0.1, 0.15) is 39.5 Å². The first kappa shape index (κ1) is 11.0. The maximum absolute atomic E-state index is 11.7. The molecule has 0 aromatic heterocycles. The molecule has 1 saturated carbocycles. The predicted octanol–water partition coefficient (Wildman–Crippen LogP) is 1.60. The largest absolute Gasteiger partial charge is 0.214 e. The summed E-state index contributed by atoms with van der Waals surface area (Å²) in [4.78, 5) is 0. The number of hydrogen-bond acceptors (Lipinski definition) is 2. The summed E-state index contributed by atoms with van der Waals surface area (Å²) in [6.45, 7) is 4.64. The molecule has 13 heavy (non-hydrogen) atoms. The van der Waals surface area contributed by atoms with Gasteiger partial charge in [-0.25, -0.2) is 8.42 Å². The van der Waals surface area contributed by atoms with Crippen LogP contribution >= 0.6 is 0 Å². The molecule has 0 bridgehead atoms. The lowest BCUT2D eigenvalue weighted by Crippen LogP contribution is -2.35. The minimum absolute atomic E-state index is 0.309. The van der Waals surface area contributed by atoms with Crippen LogP contribution in [0.2, 0.25) is 0 Å². The van der Waals surface area contributed by atoms with E-state index in [1.165, 1.54) is 0 Å². The standard InChI is InChI=1S/C9H19NO2S/c1-3-7-10(9-5-6-9)13(11,12)8-4-2/h9H,3-8H2,1-2H3. The monoisotopic (exact) mass is 205 g/mol. The quantitative estimate of drug-likeness (QED) is 0.660. The summed E-state index contributed by atoms with van der Waals surface area (Å²) in [5.74, 6) is 0.309. The normalized spacial score (nSPS) is 18.1. The van der Waals surface area contributed by atoms with Crippen molar-refractivity contribution in [2.75, 3.05) is 12.3 Å². The fourth-order valence-corrected chi connectivity index (χ4v) is 3.38. The molecule has 0 aliphatic heterocycles. The summed E-state index contributed by atoms with van der Waals surface area (Å²) < 4.78 is 25.2. The number of hydrogen-bond donors (Lipinski definition) is 0. The van der Waals surface area contributed by atoms with Crippen molar-refractivity contribution in [1.82, 2.24) is 4.31 Å². The lowest BCUT2D eigenvalue weighted by Gasteiger charge is -2.20. The smallest absolute Gasteiger partial charge is 0.212 e. The van der Waals surface area contributed by atoms with Gasteiger partial charge >= 0.3 is 0 Å². The predicted molar refractivity (Wildman–Crippen MR) is 54.1 cm³/mol. The third-order valence-corrected chi connectivity index (χ3v) is 4.34. The second-order valence-electron chi connectivity index (χ2n) is 3.66. The minimum Gasteiger partial charge on any atom is -0.212 e. The minimum atomic E-state index is -2.94. The Morgan fingerprint density at radius 1 is 1.23 bits per heavy atom. The Balaban J connectivity index is 2.61. The van der Waals surface area contributed by atoms with Crippen molar-refractivity contribution in [3.8, 4) is 0 Å². The molecule has 0 radical (unpaired) electrons. The molecule has 0 amide bonds. The first-order valence-corrected chi connectivity index (χ1v) is 6.72. The van der Waals surface area contributed by atoms with Crippen molar-refractivity contribution < 1.29 is 8.42 Å². The van der Waals surface area contributed by atoms with E-state index in [4.69, 9.17) is 0 Å². The molecule has 1 rings (SSSR count). The molecule has 0 aromatic carbocycles. The van der Waals surface area contributed by atoms with Crippen molar-refractivity contribution in [2.45, 2.75) is 45.6 Å². The van der Waals surface area contributed by atoms with Gasteiger partial charge in [0.1, 0.15) is 0 Å². The Bertz CT molecular complexity index is 244. The Labute approximate surface area is 81.2 Å². The third kappa shape index (κ3) is 2.95. The van der Waals surface area contributed by atoms with Crippen LogP contribution in [0.15, 0.2) is 0 Å². The highest BCUT2D eigenvalue weighted by Crippen LogP contribution is 2.29. The van der Waals surface area contributed by atoms with Gasteiger partial charge in [0.05, 0.1) is 5.75 Å². The fourth-order valence-electron chi connectivity index (χ4n) is 1.51. The van der Waals surface area contributed by atoms with Crippen LogP contribution in [0.5, 0.6) is 0 Å². The molecular formula is C9H19NO2S. The molecule has 3 nitrogen and oxygen atoms in total. The van der Waals surface area contributed by atoms with Gasteiger partial charge in [0.2, 0.25) is 10.0 Å². The van der Waals surface area contributed by atoms with Crippen LogP contribution in [0.25, 0.3) is 0 Å². The zero-order valence-corrected chi connectivity index (χ0v) is 9.31. The van der Waals surface area contributed by atoms with E-state index in [0.29, 0.717) is 18.3 Å². The average Bonchev–Trinajstić information content (AvgIpc) is 2.82. The summed E-state index contributed by atoms with van der Waals surface area (Å²) >= 11 is 0. The highest BCUT2D eigenvalue weighted by atomic mass is 32.2. The maximum atomic E-state index is 11.7. The van der Waals surface area contributed by atoms with Gasteiger partial charge in [-0.15, -0.1) is 0 Å². The second-order valence-corrected chi connectivity index (χ2v) is 5.70. The van der Waals surface area contributed by atoms with E-state index >= 15 is 0 Å². The third-order valence-electron chi connectivity index (χ3n) is 2.22. The average molecular weight is 205 g/mol. The molecule has 1 fully saturated rings. The highest BCUT2D eigenvalue weighted by Gasteiger charge is 2.35. The van der Waals surface area contributed by atoms with Crippen molar-refractivity contribution in [1.29, 1.82) is 0 Å². The molecular weight excluding hydrogens is 186 g/mol. The van der Waals surface area contributed by atoms with Gasteiger partial charge in [0.15, 0.2) is 0 Å². The first-order chi connectivity index (χ1) is 6.11. The molecule has 0 N–H and O–H groups in total. The first-order valence-electron chi connectivity index (χ1n) is 5.11. The number of nitrogens with zero attached hydrogens (tertiary/aromatic N) is 1. The summed E-state index contributed by atoms with van der Waals surface area (Å²) in [6, 6.07) is 0.330. The van der Waals surface area contributed by atoms with Gasteiger partial charge < -0.3 is 0 Å². The Morgan fingerprint density at radius 3 is 2.23 bits per heavy atom. The summed E-state index contributed by atoms with van der Waals surface area (Å²) in [5, 5.41) is 0. The van der Waals surface area contributed by atoms with Crippen LogP contribution < -0.4 is 0 Å². The molecule has 0 atom stereocenters. The lowest BCUT2D eigenvalue weighted by atomic mass is 10.5. The Kier molecular flexibility index (Phi) is 3.74. The molecule has 0 heterocycles. The van der Waals surface area contributed by atoms with E-state index in [9.17, 15) is 8.42 Å². The molecule has 1 aliphatic carbocycles. The van der Waals surface area contributed by atoms with Crippen LogP contribution in [-0.2, 0) is 10.0 Å². The van der Waals surface area contributed by atoms with Gasteiger partial charge in [-0.1, -0.05) is 13.8 Å². The van der Waals surface area contributed by atoms with E-state index in [2.05, 4.69) is 0 Å². The SMILES string of the molecule is CCCN(C1CC1)S(=O)(=O)CCC. The molecule has 0 unspecified atom stereocenters. The van der Waals surface area contributed by atoms with E-state index in [1.807, 2.05) is 13.8 Å². The summed E-state index contributed by atoms with van der Waals surface area (Å²) in [6.07, 6.45) is 3.75. The van der Waals surface area contributed by atoms with Crippen molar-refractivity contribution in [2.24, 2.45) is 0 Å². The van der Waals surface area contributed by atoms with Crippen molar-refractivity contribution in [3.63, 3.8) is 0 Å². The van der Waals surface area contributed by atoms with Gasteiger partial charge in [0, 0.05) is 12.6 Å². The van der Waals surface area contributed by atoms with Crippen LogP contribution in [0.3, 0.4) is 0 Å². The molecule has 0 saturated heterocycles. The molecule has 4 heteroatoms. The van der Waals surface area contributed by atoms with Gasteiger partial charge in [-0.05, 0) is 25.7 Å². The van der Waals surface area contributed by atoms with Crippen LogP contribution in [0.4, 0.5) is 0 Å². The van der Waals surface area contributed by atoms with E-state index in [1.54, 1.807) is 4.31 Å². The van der Waals surface area contributed by atoms with E-state index < -0.39 is 10.0 Å². The molecule has 0 spiro atoms. The molecule has 1 aliphatic rings. The van der Waals surface area contributed by atoms with Crippen LogP contribution in [0, 0.1) is 0 Å². The van der Waals surface area contributed by atoms with Crippen molar-refractivity contribution >= 4 is 10.0 Å². The van der Waals surface area contributed by atoms with E-state index in [-0.39, 0.29) is 0 Å². The summed E-state index contributed by atoms with van der Waals surface area (Å²) in [5.41, 5.74) is 0. The number of rotatable bonds is 6. The molecule has 0 aromatic rings. The zero-order chi connectivity index (χ0) is 9.90. The zero-order valence-electron chi connectivity index (χ0n) is 8.49. The van der Waals surface area contributed by atoms with Crippen LogP contribution in [-0.4, -0.2) is 31.1 Å². The summed E-state index contributed by atoms with van der Waals surface area (Å²) in [7, 11) is -2.94. The Hall–Kier alpha value is -0.0900. The fraction of sp³-hybridized carbons (Fsp3) is 1.00. The second kappa shape index (κ2) is 4.42. The van der Waals surface area contributed by atoms with Gasteiger partial charge in [-0.3, -0.25) is 0 Å². The molecule has 78 valence electrons. The highest BCUT2D eigenvalue weighted by molar-refractivity contribution is 7.89. The topological polar surface area (TPSA) is 37.4 Å². The van der Waals surface area contributed by atoms with E-state index in [0.717, 1.165) is 25.7 Å². The lowest BCUT2D eigenvalue weighted by molar-refractivity contribution is 0.403. The Morgan fingerprint density at radius 2 is 1.85 bits per heavy atom. The maximum Gasteiger partial charge on any atom is 0.214 e. The van der Waals surface area contributed by atoms with Crippen molar-refractivity contribution in [3.05, 3.63) is 0 Å². The van der Waals surface area contributed by atoms with Gasteiger partial charge in [0.25, 0.3) is 0 Å². The van der Waals surface area contributed by atoms with Gasteiger partial charge in [-0.2, -0.15) is 4.31 Å².